The summed E-state index contributed by atoms with van der Waals surface area (Å²) >= 11 is 6.14. The van der Waals surface area contributed by atoms with Crippen molar-refractivity contribution in [3.05, 3.63) is 69.2 Å². The largest absolute Gasteiger partial charge is 0.480 e. The molecule has 0 amide bonds. The van der Waals surface area contributed by atoms with Crippen molar-refractivity contribution < 1.29 is 32.7 Å². The molecule has 2 saturated heterocycles. The Morgan fingerprint density at radius 1 is 1.23 bits per heavy atom. The number of nitrogens with one attached hydrogen (secondary N) is 1. The number of alkyl halides is 3. The van der Waals surface area contributed by atoms with Crippen molar-refractivity contribution in [2.45, 2.75) is 57.0 Å². The average Bonchev–Trinajstić information content (AvgIpc) is 3.33. The summed E-state index contributed by atoms with van der Waals surface area (Å²) in [5.41, 5.74) is 5.56. The normalized spacial score (nSPS) is 20.4. The Morgan fingerprint density at radius 2 is 1.91 bits per heavy atom. The van der Waals surface area contributed by atoms with Gasteiger partial charge in [-0.1, -0.05) is 24.6 Å². The van der Waals surface area contributed by atoms with E-state index in [2.05, 4.69) is 15.3 Å². The van der Waals surface area contributed by atoms with E-state index in [0.717, 1.165) is 6.42 Å². The SMILES string of the molecule is CCC1NC(C(=O)O)CC12CCN(c1cc(O[C@H](c3ccc(Cl)cc3-c3ccc([N+](=O)[O-])cc3)C(F)(F)F)nc(N)n1)CC2. The quantitative estimate of drug-likeness (QED) is 0.205. The van der Waals surface area contributed by atoms with Crippen molar-refractivity contribution in [2.75, 3.05) is 23.7 Å². The average molecular weight is 635 g/mol. The van der Waals surface area contributed by atoms with Gasteiger partial charge in [-0.2, -0.15) is 23.1 Å². The van der Waals surface area contributed by atoms with Gasteiger partial charge in [-0.3, -0.25) is 14.9 Å². The third kappa shape index (κ3) is 6.36. The molecule has 1 spiro atoms. The molecule has 234 valence electrons. The first-order chi connectivity index (χ1) is 20.8. The number of carboxylic acid groups (broad SMARTS) is 1. The van der Waals surface area contributed by atoms with Gasteiger partial charge < -0.3 is 25.8 Å². The molecule has 3 heterocycles. The van der Waals surface area contributed by atoms with Gasteiger partial charge in [-0.15, -0.1) is 0 Å². The van der Waals surface area contributed by atoms with Crippen LogP contribution in [0.25, 0.3) is 11.1 Å². The number of nitrogen functional groups attached to an aromatic ring is 1. The number of hydrogen-bond donors (Lipinski definition) is 3. The Labute approximate surface area is 255 Å². The predicted octanol–water partition coefficient (Wildman–Crippen LogP) is 5.78. The zero-order chi connectivity index (χ0) is 31.8. The summed E-state index contributed by atoms with van der Waals surface area (Å²) in [6, 6.07) is 9.61. The number of nitro benzene ring substituents is 1. The van der Waals surface area contributed by atoms with Crippen LogP contribution in [0.1, 0.15) is 44.3 Å². The van der Waals surface area contributed by atoms with Gasteiger partial charge in [-0.05, 0) is 66.5 Å². The number of carbonyl (C=O) groups is 1. The lowest BCUT2D eigenvalue weighted by Crippen LogP contribution is -2.46. The lowest BCUT2D eigenvalue weighted by atomic mass is 9.71. The molecular formula is C29H30ClF3N6O5. The molecule has 11 nitrogen and oxygen atoms in total. The highest BCUT2D eigenvalue weighted by molar-refractivity contribution is 6.30. The molecule has 4 N–H and O–H groups in total. The Balaban J connectivity index is 1.42. The molecule has 0 aliphatic carbocycles. The minimum absolute atomic E-state index is 0.0389. The van der Waals surface area contributed by atoms with E-state index in [4.69, 9.17) is 22.1 Å². The molecule has 44 heavy (non-hydrogen) atoms. The molecule has 2 aliphatic rings. The first-order valence-electron chi connectivity index (χ1n) is 14.0. The van der Waals surface area contributed by atoms with Crippen LogP contribution in [-0.2, 0) is 4.79 Å². The number of hydrogen-bond acceptors (Lipinski definition) is 9. The van der Waals surface area contributed by atoms with Crippen molar-refractivity contribution in [1.29, 1.82) is 0 Å². The molecule has 0 saturated carbocycles. The maximum absolute atomic E-state index is 14.6. The fraction of sp³-hybridized carbons (Fsp3) is 0.414. The van der Waals surface area contributed by atoms with Gasteiger partial charge >= 0.3 is 12.1 Å². The van der Waals surface area contributed by atoms with Crippen molar-refractivity contribution in [3.8, 4) is 17.0 Å². The molecule has 0 bridgehead atoms. The standard InChI is InChI=1S/C29H30ClF3N6O5/c1-2-22-28(15-21(35-22)26(40)41)9-11-38(12-10-28)23-14-24(37-27(34)36-23)44-25(29(31,32)33)19-8-5-17(30)13-20(19)16-3-6-18(7-4-16)39(42)43/h3-8,13-14,21-22,25,35H,2,9-12,15H2,1H3,(H,40,41)(H2,34,36,37)/t21?,22?,25-/m1/s1. The molecule has 2 aliphatic heterocycles. The predicted molar refractivity (Wildman–Crippen MR) is 157 cm³/mol. The summed E-state index contributed by atoms with van der Waals surface area (Å²) in [6.45, 7) is 2.99. The van der Waals surface area contributed by atoms with Crippen molar-refractivity contribution in [3.63, 3.8) is 0 Å². The van der Waals surface area contributed by atoms with Gasteiger partial charge in [0.2, 0.25) is 17.9 Å². The lowest BCUT2D eigenvalue weighted by Gasteiger charge is -2.43. The summed E-state index contributed by atoms with van der Waals surface area (Å²) < 4.78 is 49.2. The van der Waals surface area contributed by atoms with Gasteiger partial charge in [0.1, 0.15) is 11.9 Å². The molecule has 3 aromatic rings. The Bertz CT molecular complexity index is 1550. The monoisotopic (exact) mass is 634 g/mol. The van der Waals surface area contributed by atoms with Crippen LogP contribution in [0.5, 0.6) is 5.88 Å². The first-order valence-corrected chi connectivity index (χ1v) is 14.3. The van der Waals surface area contributed by atoms with Gasteiger partial charge in [0.25, 0.3) is 5.69 Å². The third-order valence-electron chi connectivity index (χ3n) is 8.47. The van der Waals surface area contributed by atoms with Crippen LogP contribution in [0, 0.1) is 15.5 Å². The number of nitro groups is 1. The van der Waals surface area contributed by atoms with Crippen LogP contribution in [0.2, 0.25) is 5.02 Å². The minimum Gasteiger partial charge on any atom is -0.480 e. The highest BCUT2D eigenvalue weighted by atomic mass is 35.5. The summed E-state index contributed by atoms with van der Waals surface area (Å²) in [4.78, 5) is 32.2. The van der Waals surface area contributed by atoms with E-state index in [1.54, 1.807) is 0 Å². The third-order valence-corrected chi connectivity index (χ3v) is 8.71. The number of anilines is 2. The van der Waals surface area contributed by atoms with Crippen LogP contribution in [0.15, 0.2) is 48.5 Å². The van der Waals surface area contributed by atoms with E-state index >= 15 is 0 Å². The molecule has 2 aromatic carbocycles. The summed E-state index contributed by atoms with van der Waals surface area (Å²) in [5.74, 6) is -1.25. The summed E-state index contributed by atoms with van der Waals surface area (Å²) in [7, 11) is 0. The number of nitrogens with two attached hydrogens (primary N) is 1. The van der Waals surface area contributed by atoms with E-state index < -0.39 is 29.2 Å². The molecule has 5 rings (SSSR count). The highest BCUT2D eigenvalue weighted by Gasteiger charge is 2.50. The topological polar surface area (TPSA) is 157 Å². The Morgan fingerprint density at radius 3 is 2.50 bits per heavy atom. The minimum atomic E-state index is -4.90. The van der Waals surface area contributed by atoms with E-state index in [1.165, 1.54) is 48.5 Å². The molecule has 1 aromatic heterocycles. The number of ether oxygens (including phenoxy) is 1. The maximum atomic E-state index is 14.6. The van der Waals surface area contributed by atoms with Crippen LogP contribution >= 0.6 is 11.6 Å². The molecule has 15 heteroatoms. The second-order valence-electron chi connectivity index (χ2n) is 11.1. The van der Waals surface area contributed by atoms with Crippen molar-refractivity contribution >= 4 is 35.0 Å². The zero-order valence-electron chi connectivity index (χ0n) is 23.6. The van der Waals surface area contributed by atoms with Crippen molar-refractivity contribution in [1.82, 2.24) is 15.3 Å². The Kier molecular flexibility index (Phi) is 8.58. The molecular weight excluding hydrogens is 605 g/mol. The number of benzene rings is 2. The zero-order valence-corrected chi connectivity index (χ0v) is 24.3. The van der Waals surface area contributed by atoms with Gasteiger partial charge in [0.05, 0.1) is 4.92 Å². The van der Waals surface area contributed by atoms with Gasteiger partial charge in [0, 0.05) is 47.9 Å². The number of halogens is 4. The number of piperidine rings is 1. The number of non-ortho nitro benzene ring substituents is 1. The van der Waals surface area contributed by atoms with E-state index in [-0.39, 0.29) is 50.7 Å². The number of rotatable bonds is 8. The fourth-order valence-electron chi connectivity index (χ4n) is 6.32. The number of nitrogens with zero attached hydrogens (tertiary/aromatic N) is 4. The van der Waals surface area contributed by atoms with E-state index in [1.807, 2.05) is 11.8 Å². The first kappa shape index (κ1) is 31.3. The van der Waals surface area contributed by atoms with Gasteiger partial charge in [-0.25, -0.2) is 0 Å². The number of aliphatic carboxylic acids is 1. The molecule has 0 radical (unpaired) electrons. The van der Waals surface area contributed by atoms with E-state index in [9.17, 15) is 33.2 Å². The maximum Gasteiger partial charge on any atom is 0.429 e. The van der Waals surface area contributed by atoms with E-state index in [0.29, 0.717) is 38.2 Å². The van der Waals surface area contributed by atoms with Crippen LogP contribution in [-0.4, -0.2) is 57.3 Å². The second-order valence-corrected chi connectivity index (χ2v) is 11.5. The van der Waals surface area contributed by atoms with Gasteiger partial charge in [0.15, 0.2) is 0 Å². The fourth-order valence-corrected chi connectivity index (χ4v) is 6.49. The van der Waals surface area contributed by atoms with Crippen LogP contribution in [0.3, 0.4) is 0 Å². The molecule has 2 fully saturated rings. The Hall–Kier alpha value is -4.17. The summed E-state index contributed by atoms with van der Waals surface area (Å²) in [5, 5.41) is 24.0. The highest BCUT2D eigenvalue weighted by Crippen LogP contribution is 2.46. The second kappa shape index (κ2) is 12.1. The molecule has 3 atom stereocenters. The number of carboxylic acids is 1. The van der Waals surface area contributed by atoms with Crippen LogP contribution in [0.4, 0.5) is 30.6 Å². The van der Waals surface area contributed by atoms with Crippen molar-refractivity contribution in [2.24, 2.45) is 5.41 Å². The smallest absolute Gasteiger partial charge is 0.429 e. The summed E-state index contributed by atoms with van der Waals surface area (Å²) in [6.07, 6.45) is -4.78. The van der Waals surface area contributed by atoms with Crippen LogP contribution < -0.4 is 20.7 Å². The molecule has 2 unspecified atom stereocenters. The number of aromatic nitrogens is 2. The lowest BCUT2D eigenvalue weighted by molar-refractivity contribution is -0.384.